The maximum absolute atomic E-state index is 12.3. The van der Waals surface area contributed by atoms with Crippen LogP contribution in [-0.4, -0.2) is 9.97 Å². The summed E-state index contributed by atoms with van der Waals surface area (Å²) in [6.45, 7) is 0. The van der Waals surface area contributed by atoms with E-state index in [-0.39, 0.29) is 5.52 Å². The summed E-state index contributed by atoms with van der Waals surface area (Å²) in [5.74, 6) is -0.997. The number of fused-ring (bicyclic) bond motifs is 1. The molecule has 0 aliphatic carbocycles. The zero-order valence-electron chi connectivity index (χ0n) is 7.06. The fraction of sp³-hybridized carbons (Fsp3) is 0.125. The van der Waals surface area contributed by atoms with Crippen LogP contribution in [0.3, 0.4) is 0 Å². The number of thiol groups is 1. The summed E-state index contributed by atoms with van der Waals surface area (Å²) >= 11 is 7.24. The minimum absolute atomic E-state index is 0.246. The summed E-state index contributed by atoms with van der Waals surface area (Å²) < 4.78 is 37.5. The molecular formula is C8H4BrF3N2S. The summed E-state index contributed by atoms with van der Waals surface area (Å²) in [5, 5.41) is 0. The van der Waals surface area contributed by atoms with E-state index in [4.69, 9.17) is 0 Å². The summed E-state index contributed by atoms with van der Waals surface area (Å²) in [4.78, 5) is 6.18. The van der Waals surface area contributed by atoms with Crippen molar-refractivity contribution in [3.8, 4) is 0 Å². The second kappa shape index (κ2) is 3.41. The Morgan fingerprint density at radius 2 is 2.00 bits per heavy atom. The van der Waals surface area contributed by atoms with Gasteiger partial charge in [-0.15, -0.1) is 12.6 Å². The zero-order valence-corrected chi connectivity index (χ0v) is 9.54. The van der Waals surface area contributed by atoms with Gasteiger partial charge in [0.05, 0.1) is 11.0 Å². The molecule has 0 aliphatic heterocycles. The highest BCUT2D eigenvalue weighted by molar-refractivity contribution is 9.10. The van der Waals surface area contributed by atoms with Crippen LogP contribution in [0.5, 0.6) is 0 Å². The maximum atomic E-state index is 12.3. The average Bonchev–Trinajstić information content (AvgIpc) is 2.47. The third kappa shape index (κ3) is 1.98. The molecule has 80 valence electrons. The summed E-state index contributed by atoms with van der Waals surface area (Å²) in [6.07, 6.45) is -4.46. The van der Waals surface area contributed by atoms with E-state index in [0.29, 0.717) is 14.9 Å². The number of hydrogen-bond donors (Lipinski definition) is 2. The molecule has 2 nitrogen and oxygen atoms in total. The van der Waals surface area contributed by atoms with Gasteiger partial charge in [-0.05, 0) is 28.1 Å². The molecule has 15 heavy (non-hydrogen) atoms. The van der Waals surface area contributed by atoms with Crippen LogP contribution >= 0.6 is 28.6 Å². The van der Waals surface area contributed by atoms with Crippen molar-refractivity contribution in [3.63, 3.8) is 0 Å². The van der Waals surface area contributed by atoms with Crippen molar-refractivity contribution in [1.29, 1.82) is 0 Å². The van der Waals surface area contributed by atoms with Gasteiger partial charge in [0.1, 0.15) is 0 Å². The molecule has 1 aromatic heterocycles. The fourth-order valence-electron chi connectivity index (χ4n) is 1.15. The minimum Gasteiger partial charge on any atom is -0.334 e. The van der Waals surface area contributed by atoms with Gasteiger partial charge in [-0.3, -0.25) is 0 Å². The number of H-pyrrole nitrogens is 1. The number of halogens is 4. The number of aromatic nitrogens is 2. The molecule has 0 bridgehead atoms. The van der Waals surface area contributed by atoms with Gasteiger partial charge in [-0.25, -0.2) is 4.98 Å². The first-order valence-electron chi connectivity index (χ1n) is 3.83. The quantitative estimate of drug-likeness (QED) is 0.714. The largest absolute Gasteiger partial charge is 0.449 e. The van der Waals surface area contributed by atoms with Crippen molar-refractivity contribution < 1.29 is 13.2 Å². The van der Waals surface area contributed by atoms with Crippen molar-refractivity contribution in [2.45, 2.75) is 11.1 Å². The van der Waals surface area contributed by atoms with Crippen molar-refractivity contribution in [3.05, 3.63) is 22.4 Å². The number of aromatic amines is 1. The number of rotatable bonds is 0. The molecule has 0 saturated carbocycles. The molecule has 2 aromatic rings. The van der Waals surface area contributed by atoms with Crippen molar-refractivity contribution in [2.75, 3.05) is 0 Å². The molecule has 0 fully saturated rings. The van der Waals surface area contributed by atoms with E-state index < -0.39 is 12.0 Å². The van der Waals surface area contributed by atoms with Gasteiger partial charge in [-0.2, -0.15) is 13.2 Å². The fourth-order valence-corrected chi connectivity index (χ4v) is 1.68. The van der Waals surface area contributed by atoms with Crippen LogP contribution in [0.25, 0.3) is 11.0 Å². The van der Waals surface area contributed by atoms with Gasteiger partial charge in [0, 0.05) is 9.37 Å². The number of nitrogens with zero attached hydrogens (tertiary/aromatic N) is 1. The van der Waals surface area contributed by atoms with Crippen LogP contribution in [0.2, 0.25) is 0 Å². The molecule has 7 heteroatoms. The molecule has 1 N–H and O–H groups in total. The van der Waals surface area contributed by atoms with E-state index in [0.717, 1.165) is 0 Å². The molecule has 0 saturated heterocycles. The SMILES string of the molecule is FC(F)(F)c1nc2cc(S)c(Br)cc2[nH]1. The van der Waals surface area contributed by atoms with Crippen LogP contribution in [-0.2, 0) is 6.18 Å². The van der Waals surface area contributed by atoms with Crippen molar-refractivity contribution in [2.24, 2.45) is 0 Å². The third-order valence-corrected chi connectivity index (χ3v) is 3.15. The van der Waals surface area contributed by atoms with Crippen molar-refractivity contribution in [1.82, 2.24) is 9.97 Å². The smallest absolute Gasteiger partial charge is 0.334 e. The van der Waals surface area contributed by atoms with Gasteiger partial charge < -0.3 is 4.98 Å². The zero-order chi connectivity index (χ0) is 11.2. The van der Waals surface area contributed by atoms with Gasteiger partial charge in [0.25, 0.3) is 0 Å². The van der Waals surface area contributed by atoms with Crippen LogP contribution < -0.4 is 0 Å². The van der Waals surface area contributed by atoms with Gasteiger partial charge in [-0.1, -0.05) is 0 Å². The number of nitrogens with one attached hydrogen (secondary N) is 1. The van der Waals surface area contributed by atoms with E-state index in [1.165, 1.54) is 12.1 Å². The van der Waals surface area contributed by atoms with Gasteiger partial charge in [0.15, 0.2) is 0 Å². The van der Waals surface area contributed by atoms with Crippen LogP contribution in [0.15, 0.2) is 21.5 Å². The molecular weight excluding hydrogens is 293 g/mol. The maximum Gasteiger partial charge on any atom is 0.449 e. The molecule has 0 atom stereocenters. The first-order valence-corrected chi connectivity index (χ1v) is 5.07. The van der Waals surface area contributed by atoms with Crippen LogP contribution in [0.1, 0.15) is 5.82 Å². The molecule has 1 aromatic carbocycles. The Labute approximate surface area is 96.4 Å². The Kier molecular flexibility index (Phi) is 2.46. The van der Waals surface area contributed by atoms with E-state index in [1.807, 2.05) is 0 Å². The minimum atomic E-state index is -4.46. The normalized spacial score (nSPS) is 12.3. The summed E-state index contributed by atoms with van der Waals surface area (Å²) in [7, 11) is 0. The molecule has 2 rings (SSSR count). The van der Waals surface area contributed by atoms with Crippen LogP contribution in [0.4, 0.5) is 13.2 Å². The highest BCUT2D eigenvalue weighted by atomic mass is 79.9. The molecule has 0 amide bonds. The lowest BCUT2D eigenvalue weighted by Gasteiger charge is -1.98. The Morgan fingerprint density at radius 1 is 1.33 bits per heavy atom. The molecule has 0 radical (unpaired) electrons. The molecule has 1 heterocycles. The first-order chi connectivity index (χ1) is 6.88. The predicted octanol–water partition coefficient (Wildman–Crippen LogP) is 3.63. The standard InChI is InChI=1S/C8H4BrF3N2S/c9-3-1-4-5(2-6(3)15)14-7(13-4)8(10,11)12/h1-2,15H,(H,13,14). The van der Waals surface area contributed by atoms with Gasteiger partial charge in [0.2, 0.25) is 5.82 Å². The first kappa shape index (κ1) is 10.8. The highest BCUT2D eigenvalue weighted by Gasteiger charge is 2.34. The molecule has 0 unspecified atom stereocenters. The predicted molar refractivity (Wildman–Crippen MR) is 56.0 cm³/mol. The third-order valence-electron chi connectivity index (χ3n) is 1.82. The number of alkyl halides is 3. The van der Waals surface area contributed by atoms with Crippen LogP contribution in [0, 0.1) is 0 Å². The number of imidazole rings is 1. The summed E-state index contributed by atoms with van der Waals surface area (Å²) in [6, 6.07) is 2.98. The Bertz CT molecular complexity index is 481. The van der Waals surface area contributed by atoms with E-state index >= 15 is 0 Å². The number of benzene rings is 1. The molecule has 0 aliphatic rings. The second-order valence-electron chi connectivity index (χ2n) is 2.90. The van der Waals surface area contributed by atoms with E-state index in [9.17, 15) is 13.2 Å². The second-order valence-corrected chi connectivity index (χ2v) is 4.24. The number of hydrogen-bond acceptors (Lipinski definition) is 2. The molecule has 0 spiro atoms. The summed E-state index contributed by atoms with van der Waals surface area (Å²) in [5.41, 5.74) is 0.572. The Balaban J connectivity index is 2.66. The average molecular weight is 297 g/mol. The Hall–Kier alpha value is -0.690. The lowest BCUT2D eigenvalue weighted by Crippen LogP contribution is -2.06. The Morgan fingerprint density at radius 3 is 2.60 bits per heavy atom. The van der Waals surface area contributed by atoms with E-state index in [1.54, 1.807) is 0 Å². The highest BCUT2D eigenvalue weighted by Crippen LogP contribution is 2.31. The van der Waals surface area contributed by atoms with E-state index in [2.05, 4.69) is 38.5 Å². The van der Waals surface area contributed by atoms with Crippen molar-refractivity contribution >= 4 is 39.6 Å². The monoisotopic (exact) mass is 296 g/mol. The lowest BCUT2D eigenvalue weighted by atomic mass is 10.3. The van der Waals surface area contributed by atoms with Gasteiger partial charge >= 0.3 is 6.18 Å². The lowest BCUT2D eigenvalue weighted by molar-refractivity contribution is -0.144. The topological polar surface area (TPSA) is 28.7 Å².